The Morgan fingerprint density at radius 1 is 1.33 bits per heavy atom. The molecule has 140 valence electrons. The van der Waals surface area contributed by atoms with Crippen molar-refractivity contribution >= 4 is 11.9 Å². The van der Waals surface area contributed by atoms with Crippen molar-refractivity contribution in [3.8, 4) is 11.8 Å². The third kappa shape index (κ3) is 3.85. The Labute approximate surface area is 157 Å². The molecule has 1 fully saturated rings. The van der Waals surface area contributed by atoms with Gasteiger partial charge >= 0.3 is 5.97 Å². The Morgan fingerprint density at radius 3 is 2.59 bits per heavy atom. The van der Waals surface area contributed by atoms with Crippen LogP contribution in [0.4, 0.5) is 0 Å². The molecule has 1 aliphatic rings. The predicted molar refractivity (Wildman–Crippen MR) is 98.2 cm³/mol. The molecule has 1 atom stereocenters. The number of para-hydroxylation sites is 1. The molecular weight excluding hydrogens is 344 g/mol. The third-order valence-corrected chi connectivity index (χ3v) is 4.86. The zero-order valence-electron chi connectivity index (χ0n) is 15.7. The lowest BCUT2D eigenvalue weighted by Gasteiger charge is -2.22. The van der Waals surface area contributed by atoms with Crippen LogP contribution in [0, 0.1) is 31.1 Å². The van der Waals surface area contributed by atoms with Gasteiger partial charge in [-0.25, -0.2) is 9.48 Å². The molecule has 1 heterocycles. The number of carbonyl (C=O) groups excluding carboxylic acids is 2. The maximum absolute atomic E-state index is 12.5. The minimum atomic E-state index is -0.909. The first kappa shape index (κ1) is 18.6. The molecule has 1 aliphatic carbocycles. The van der Waals surface area contributed by atoms with E-state index >= 15 is 0 Å². The number of amides is 1. The Kier molecular flexibility index (Phi) is 5.00. The zero-order chi connectivity index (χ0) is 19.6. The van der Waals surface area contributed by atoms with Gasteiger partial charge < -0.3 is 10.1 Å². The molecule has 2 aromatic rings. The maximum atomic E-state index is 12.5. The number of esters is 1. The summed E-state index contributed by atoms with van der Waals surface area (Å²) in [5.41, 5.74) is 1.44. The van der Waals surface area contributed by atoms with Crippen molar-refractivity contribution in [2.24, 2.45) is 5.92 Å². The van der Waals surface area contributed by atoms with Crippen molar-refractivity contribution in [3.63, 3.8) is 0 Å². The lowest BCUT2D eigenvalue weighted by atomic mass is 9.98. The number of nitriles is 1. The van der Waals surface area contributed by atoms with E-state index in [9.17, 15) is 14.9 Å². The fourth-order valence-electron chi connectivity index (χ4n) is 3.17. The maximum Gasteiger partial charge on any atom is 0.342 e. The minimum Gasteiger partial charge on any atom is -0.452 e. The average molecular weight is 366 g/mol. The number of carbonyl (C=O) groups is 2. The summed E-state index contributed by atoms with van der Waals surface area (Å²) in [6.45, 7) is 4.77. The Balaban J connectivity index is 1.67. The number of benzene rings is 1. The molecule has 1 aromatic heterocycles. The van der Waals surface area contributed by atoms with Gasteiger partial charge in [0.05, 0.1) is 23.1 Å². The molecule has 1 aromatic carbocycles. The highest BCUT2D eigenvalue weighted by molar-refractivity contribution is 5.93. The minimum absolute atomic E-state index is 0.163. The van der Waals surface area contributed by atoms with Crippen molar-refractivity contribution in [2.75, 3.05) is 6.61 Å². The number of rotatable bonds is 6. The van der Waals surface area contributed by atoms with E-state index < -0.39 is 24.0 Å². The second-order valence-electron chi connectivity index (χ2n) is 7.01. The van der Waals surface area contributed by atoms with Crippen molar-refractivity contribution in [1.82, 2.24) is 15.1 Å². The molecule has 0 unspecified atom stereocenters. The summed E-state index contributed by atoms with van der Waals surface area (Å²) in [6, 6.07) is 11.6. The highest BCUT2D eigenvalue weighted by atomic mass is 16.5. The molecule has 27 heavy (non-hydrogen) atoms. The van der Waals surface area contributed by atoms with Crippen LogP contribution in [-0.2, 0) is 9.53 Å². The summed E-state index contributed by atoms with van der Waals surface area (Å²) in [5, 5.41) is 16.4. The molecule has 0 spiro atoms. The molecule has 1 saturated carbocycles. The van der Waals surface area contributed by atoms with Gasteiger partial charge in [0.1, 0.15) is 11.1 Å². The summed E-state index contributed by atoms with van der Waals surface area (Å²) in [4.78, 5) is 24.6. The van der Waals surface area contributed by atoms with Gasteiger partial charge in [-0.3, -0.25) is 4.79 Å². The first-order valence-corrected chi connectivity index (χ1v) is 8.86. The second kappa shape index (κ2) is 7.23. The standard InChI is InChI=1S/C20H22N4O3/c1-13-18(14(2)24(23-13)16-7-5-4-6-8-16)19(26)27-11-17(25)22-20(3,12-21)15-9-10-15/h4-8,15H,9-11H2,1-3H3,(H,22,25)/t20-/m0/s1. The first-order valence-electron chi connectivity index (χ1n) is 8.86. The van der Waals surface area contributed by atoms with E-state index in [1.54, 1.807) is 25.5 Å². The summed E-state index contributed by atoms with van der Waals surface area (Å²) >= 11 is 0. The number of nitrogens with zero attached hydrogens (tertiary/aromatic N) is 3. The van der Waals surface area contributed by atoms with Crippen LogP contribution in [0.5, 0.6) is 0 Å². The Bertz CT molecular complexity index is 909. The van der Waals surface area contributed by atoms with Gasteiger partial charge in [-0.1, -0.05) is 18.2 Å². The number of hydrogen-bond donors (Lipinski definition) is 1. The van der Waals surface area contributed by atoms with Gasteiger partial charge in [-0.15, -0.1) is 0 Å². The van der Waals surface area contributed by atoms with Gasteiger partial charge in [-0.05, 0) is 51.7 Å². The van der Waals surface area contributed by atoms with Crippen molar-refractivity contribution < 1.29 is 14.3 Å². The first-order chi connectivity index (χ1) is 12.9. The molecule has 0 bridgehead atoms. The summed E-state index contributed by atoms with van der Waals surface area (Å²) < 4.78 is 6.85. The van der Waals surface area contributed by atoms with Crippen molar-refractivity contribution in [3.05, 3.63) is 47.3 Å². The van der Waals surface area contributed by atoms with Gasteiger partial charge in [0.15, 0.2) is 6.61 Å². The smallest absolute Gasteiger partial charge is 0.342 e. The van der Waals surface area contributed by atoms with Crippen LogP contribution in [0.2, 0.25) is 0 Å². The molecule has 1 N–H and O–H groups in total. The number of ether oxygens (including phenoxy) is 1. The Hall–Kier alpha value is -3.14. The van der Waals surface area contributed by atoms with E-state index in [-0.39, 0.29) is 5.92 Å². The molecule has 0 saturated heterocycles. The summed E-state index contributed by atoms with van der Waals surface area (Å²) in [6.07, 6.45) is 1.84. The van der Waals surface area contributed by atoms with Crippen LogP contribution in [-0.4, -0.2) is 33.8 Å². The summed E-state index contributed by atoms with van der Waals surface area (Å²) in [7, 11) is 0. The van der Waals surface area contributed by atoms with Crippen molar-refractivity contribution in [2.45, 2.75) is 39.2 Å². The van der Waals surface area contributed by atoms with Crippen LogP contribution in [0.15, 0.2) is 30.3 Å². The zero-order valence-corrected chi connectivity index (χ0v) is 15.7. The van der Waals surface area contributed by atoms with Crippen LogP contribution in [0.25, 0.3) is 5.69 Å². The lowest BCUT2D eigenvalue weighted by molar-refractivity contribution is -0.125. The third-order valence-electron chi connectivity index (χ3n) is 4.86. The molecule has 0 radical (unpaired) electrons. The van der Waals surface area contributed by atoms with E-state index in [2.05, 4.69) is 16.5 Å². The molecule has 3 rings (SSSR count). The lowest BCUT2D eigenvalue weighted by Crippen LogP contribution is -2.48. The fraction of sp³-hybridized carbons (Fsp3) is 0.400. The van der Waals surface area contributed by atoms with E-state index in [4.69, 9.17) is 4.74 Å². The fourth-order valence-corrected chi connectivity index (χ4v) is 3.17. The van der Waals surface area contributed by atoms with E-state index in [0.29, 0.717) is 17.0 Å². The van der Waals surface area contributed by atoms with Crippen LogP contribution >= 0.6 is 0 Å². The highest BCUT2D eigenvalue weighted by Crippen LogP contribution is 2.39. The summed E-state index contributed by atoms with van der Waals surface area (Å²) in [5.74, 6) is -0.923. The van der Waals surface area contributed by atoms with Crippen molar-refractivity contribution in [1.29, 1.82) is 5.26 Å². The monoisotopic (exact) mass is 366 g/mol. The van der Waals surface area contributed by atoms with E-state index in [1.165, 1.54) is 0 Å². The second-order valence-corrected chi connectivity index (χ2v) is 7.01. The highest BCUT2D eigenvalue weighted by Gasteiger charge is 2.43. The quantitative estimate of drug-likeness (QED) is 0.792. The van der Waals surface area contributed by atoms with E-state index in [0.717, 1.165) is 18.5 Å². The van der Waals surface area contributed by atoms with Gasteiger partial charge in [0, 0.05) is 0 Å². The predicted octanol–water partition coefficient (Wildman–Crippen LogP) is 2.45. The van der Waals surface area contributed by atoms with Gasteiger partial charge in [0.2, 0.25) is 0 Å². The molecule has 1 amide bonds. The van der Waals surface area contributed by atoms with Gasteiger partial charge in [-0.2, -0.15) is 10.4 Å². The van der Waals surface area contributed by atoms with Crippen LogP contribution in [0.1, 0.15) is 41.5 Å². The topological polar surface area (TPSA) is 97.0 Å². The van der Waals surface area contributed by atoms with Gasteiger partial charge in [0.25, 0.3) is 5.91 Å². The number of aromatic nitrogens is 2. The van der Waals surface area contributed by atoms with E-state index in [1.807, 2.05) is 30.3 Å². The Morgan fingerprint density at radius 2 is 2.00 bits per heavy atom. The normalized spacial score (nSPS) is 15.5. The van der Waals surface area contributed by atoms with Crippen LogP contribution in [0.3, 0.4) is 0 Å². The molecule has 7 heteroatoms. The SMILES string of the molecule is Cc1nn(-c2ccccc2)c(C)c1C(=O)OCC(=O)N[C@@](C)(C#N)C1CC1. The number of nitrogens with one attached hydrogen (secondary N) is 1. The molecule has 0 aliphatic heterocycles. The number of hydrogen-bond acceptors (Lipinski definition) is 5. The largest absolute Gasteiger partial charge is 0.452 e. The van der Waals surface area contributed by atoms with Crippen LogP contribution < -0.4 is 5.32 Å². The molecular formula is C20H22N4O3. The molecule has 7 nitrogen and oxygen atoms in total. The average Bonchev–Trinajstić information content (AvgIpc) is 3.47. The number of aryl methyl sites for hydroxylation is 1.